The zero-order chi connectivity index (χ0) is 12.8. The maximum absolute atomic E-state index is 11.2. The van der Waals surface area contributed by atoms with Crippen LogP contribution in [0.3, 0.4) is 0 Å². The Morgan fingerprint density at radius 2 is 1.76 bits per heavy atom. The third kappa shape index (κ3) is 13.2. The van der Waals surface area contributed by atoms with Gasteiger partial charge in [0.25, 0.3) is 0 Å². The van der Waals surface area contributed by atoms with Crippen molar-refractivity contribution < 1.29 is 19.0 Å². The number of hydrogen-bond donors (Lipinski definition) is 2. The van der Waals surface area contributed by atoms with E-state index in [-0.39, 0.29) is 5.91 Å². The molecule has 0 saturated heterocycles. The van der Waals surface area contributed by atoms with Crippen molar-refractivity contribution in [1.82, 2.24) is 10.6 Å². The van der Waals surface area contributed by atoms with Crippen molar-refractivity contribution in [3.63, 3.8) is 0 Å². The molecule has 0 atom stereocenters. The van der Waals surface area contributed by atoms with Gasteiger partial charge in [-0.1, -0.05) is 0 Å². The van der Waals surface area contributed by atoms with Crippen LogP contribution in [0.15, 0.2) is 0 Å². The highest BCUT2D eigenvalue weighted by molar-refractivity contribution is 5.77. The molecular weight excluding hydrogens is 224 g/mol. The minimum atomic E-state index is -0.0117. The molecule has 0 heterocycles. The second-order valence-electron chi connectivity index (χ2n) is 3.48. The van der Waals surface area contributed by atoms with Crippen LogP contribution in [0.25, 0.3) is 0 Å². The molecule has 0 spiro atoms. The molecule has 2 N–H and O–H groups in total. The summed E-state index contributed by atoms with van der Waals surface area (Å²) in [7, 11) is 3.25. The number of rotatable bonds is 12. The van der Waals surface area contributed by atoms with E-state index in [1.165, 1.54) is 0 Å². The highest BCUT2D eigenvalue weighted by atomic mass is 16.5. The van der Waals surface area contributed by atoms with E-state index in [4.69, 9.17) is 14.2 Å². The van der Waals surface area contributed by atoms with E-state index >= 15 is 0 Å². The summed E-state index contributed by atoms with van der Waals surface area (Å²) in [4.78, 5) is 11.2. The first-order valence-corrected chi connectivity index (χ1v) is 5.84. The van der Waals surface area contributed by atoms with E-state index in [1.807, 2.05) is 0 Å². The van der Waals surface area contributed by atoms with Crippen LogP contribution in [0.5, 0.6) is 0 Å². The normalized spacial score (nSPS) is 10.5. The summed E-state index contributed by atoms with van der Waals surface area (Å²) in [6.07, 6.45) is 0.884. The van der Waals surface area contributed by atoms with Gasteiger partial charge in [0.15, 0.2) is 0 Å². The number of methoxy groups -OCH3 is 2. The standard InChI is InChI=1S/C11H24N2O4/c1-15-7-5-13-11(14)10-12-4-3-6-17-9-8-16-2/h12H,3-10H2,1-2H3,(H,13,14). The monoisotopic (exact) mass is 248 g/mol. The van der Waals surface area contributed by atoms with Crippen molar-refractivity contribution in [3.05, 3.63) is 0 Å². The second-order valence-corrected chi connectivity index (χ2v) is 3.48. The number of hydrogen-bond acceptors (Lipinski definition) is 5. The molecule has 6 heteroatoms. The fraction of sp³-hybridized carbons (Fsp3) is 0.909. The molecule has 102 valence electrons. The Kier molecular flexibility index (Phi) is 12.8. The van der Waals surface area contributed by atoms with E-state index in [2.05, 4.69) is 10.6 Å². The largest absolute Gasteiger partial charge is 0.383 e. The number of nitrogens with one attached hydrogen (secondary N) is 2. The first-order valence-electron chi connectivity index (χ1n) is 5.84. The molecule has 1 amide bonds. The Balaban J connectivity index is 3.08. The van der Waals surface area contributed by atoms with Crippen LogP contribution < -0.4 is 10.6 Å². The molecule has 0 bridgehead atoms. The van der Waals surface area contributed by atoms with Crippen LogP contribution in [0, 0.1) is 0 Å². The summed E-state index contributed by atoms with van der Waals surface area (Å²) in [5.74, 6) is -0.0117. The van der Waals surface area contributed by atoms with Gasteiger partial charge in [-0.2, -0.15) is 0 Å². The molecule has 0 unspecified atom stereocenters. The van der Waals surface area contributed by atoms with E-state index in [0.29, 0.717) is 39.5 Å². The summed E-state index contributed by atoms with van der Waals surface area (Å²) >= 11 is 0. The molecule has 0 aromatic rings. The zero-order valence-corrected chi connectivity index (χ0v) is 10.8. The lowest BCUT2D eigenvalue weighted by Gasteiger charge is -2.06. The van der Waals surface area contributed by atoms with Crippen LogP contribution in [0.4, 0.5) is 0 Å². The Hall–Kier alpha value is -0.690. The maximum atomic E-state index is 11.2. The van der Waals surface area contributed by atoms with E-state index in [0.717, 1.165) is 13.0 Å². The predicted octanol–water partition coefficient (Wildman–Crippen LogP) is -0.608. The first-order chi connectivity index (χ1) is 8.31. The lowest BCUT2D eigenvalue weighted by Crippen LogP contribution is -2.36. The van der Waals surface area contributed by atoms with Gasteiger partial charge < -0.3 is 24.8 Å². The van der Waals surface area contributed by atoms with Gasteiger partial charge in [-0.15, -0.1) is 0 Å². The third-order valence-corrected chi connectivity index (χ3v) is 1.99. The molecule has 0 aliphatic heterocycles. The van der Waals surface area contributed by atoms with Crippen molar-refractivity contribution in [2.24, 2.45) is 0 Å². The van der Waals surface area contributed by atoms with Gasteiger partial charge in [-0.05, 0) is 13.0 Å². The fourth-order valence-corrected chi connectivity index (χ4v) is 1.10. The van der Waals surface area contributed by atoms with Gasteiger partial charge in [0, 0.05) is 27.4 Å². The topological polar surface area (TPSA) is 68.8 Å². The number of carbonyl (C=O) groups is 1. The first kappa shape index (κ1) is 16.3. The van der Waals surface area contributed by atoms with E-state index < -0.39 is 0 Å². The van der Waals surface area contributed by atoms with Crippen molar-refractivity contribution in [2.75, 3.05) is 60.3 Å². The summed E-state index contributed by atoms with van der Waals surface area (Å²) in [6.45, 7) is 4.12. The van der Waals surface area contributed by atoms with Gasteiger partial charge >= 0.3 is 0 Å². The predicted molar refractivity (Wildman–Crippen MR) is 65.1 cm³/mol. The average molecular weight is 248 g/mol. The molecular formula is C11H24N2O4. The zero-order valence-electron chi connectivity index (χ0n) is 10.8. The smallest absolute Gasteiger partial charge is 0.234 e. The summed E-state index contributed by atoms with van der Waals surface area (Å²) in [5.41, 5.74) is 0. The van der Waals surface area contributed by atoms with E-state index in [1.54, 1.807) is 14.2 Å². The Morgan fingerprint density at radius 1 is 1.00 bits per heavy atom. The molecule has 0 fully saturated rings. The van der Waals surface area contributed by atoms with Crippen LogP contribution >= 0.6 is 0 Å². The average Bonchev–Trinajstić information content (AvgIpc) is 2.33. The van der Waals surface area contributed by atoms with Gasteiger partial charge in [0.05, 0.1) is 26.4 Å². The van der Waals surface area contributed by atoms with Crippen LogP contribution in [-0.4, -0.2) is 66.2 Å². The van der Waals surface area contributed by atoms with Crippen molar-refractivity contribution in [2.45, 2.75) is 6.42 Å². The molecule has 0 aliphatic rings. The maximum Gasteiger partial charge on any atom is 0.234 e. The molecule has 0 aromatic carbocycles. The number of amides is 1. The van der Waals surface area contributed by atoms with Gasteiger partial charge in [0.1, 0.15) is 0 Å². The highest BCUT2D eigenvalue weighted by Crippen LogP contribution is 1.81. The van der Waals surface area contributed by atoms with Crippen LogP contribution in [-0.2, 0) is 19.0 Å². The lowest BCUT2D eigenvalue weighted by molar-refractivity contribution is -0.120. The second kappa shape index (κ2) is 13.4. The van der Waals surface area contributed by atoms with Gasteiger partial charge in [0.2, 0.25) is 5.91 Å². The molecule has 0 aromatic heterocycles. The molecule has 6 nitrogen and oxygen atoms in total. The van der Waals surface area contributed by atoms with Gasteiger partial charge in [-0.25, -0.2) is 0 Å². The SMILES string of the molecule is COCCNC(=O)CNCCCOCCOC. The Morgan fingerprint density at radius 3 is 2.47 bits per heavy atom. The third-order valence-electron chi connectivity index (χ3n) is 1.99. The van der Waals surface area contributed by atoms with Crippen molar-refractivity contribution in [1.29, 1.82) is 0 Å². The Bertz CT molecular complexity index is 179. The summed E-state index contributed by atoms with van der Waals surface area (Å²) < 4.78 is 14.9. The molecule has 0 aliphatic carbocycles. The van der Waals surface area contributed by atoms with Crippen molar-refractivity contribution >= 4 is 5.91 Å². The molecule has 17 heavy (non-hydrogen) atoms. The lowest BCUT2D eigenvalue weighted by atomic mass is 10.4. The summed E-state index contributed by atoms with van der Waals surface area (Å²) in [6, 6.07) is 0. The number of carbonyl (C=O) groups excluding carboxylic acids is 1. The van der Waals surface area contributed by atoms with Gasteiger partial charge in [-0.3, -0.25) is 4.79 Å². The molecule has 0 saturated carbocycles. The molecule has 0 rings (SSSR count). The molecule has 0 radical (unpaired) electrons. The van der Waals surface area contributed by atoms with Crippen LogP contribution in [0.2, 0.25) is 0 Å². The quantitative estimate of drug-likeness (QED) is 0.451. The minimum Gasteiger partial charge on any atom is -0.383 e. The Labute approximate surface area is 103 Å². The van der Waals surface area contributed by atoms with Crippen molar-refractivity contribution in [3.8, 4) is 0 Å². The highest BCUT2D eigenvalue weighted by Gasteiger charge is 1.98. The van der Waals surface area contributed by atoms with Crippen LogP contribution in [0.1, 0.15) is 6.42 Å². The summed E-state index contributed by atoms with van der Waals surface area (Å²) in [5, 5.41) is 5.77. The minimum absolute atomic E-state index is 0.0117. The number of ether oxygens (including phenoxy) is 3. The van der Waals surface area contributed by atoms with E-state index in [9.17, 15) is 4.79 Å². The fourth-order valence-electron chi connectivity index (χ4n) is 1.10.